The minimum atomic E-state index is -2.79. The number of rotatable bonds is 33. The maximum absolute atomic E-state index is 15.8. The molecule has 0 fully saturated rings. The lowest BCUT2D eigenvalue weighted by Gasteiger charge is -2.21. The zero-order chi connectivity index (χ0) is 59.9. The fraction of sp³-hybridized carbons (Fsp3) is 0.360. The molecule has 0 bridgehead atoms. The molecule has 0 aliphatic rings. The van der Waals surface area contributed by atoms with Crippen molar-refractivity contribution < 1.29 is 4.57 Å². The van der Waals surface area contributed by atoms with Gasteiger partial charge in [-0.2, -0.15) is 0 Å². The van der Waals surface area contributed by atoms with E-state index in [1.807, 2.05) is 0 Å². The smallest absolute Gasteiger partial charge is 0.100 e. The molecule has 6 heterocycles. The van der Waals surface area contributed by atoms with Gasteiger partial charge in [-0.05, 0) is 258 Å². The summed E-state index contributed by atoms with van der Waals surface area (Å²) in [6.45, 7) is 12.3. The van der Waals surface area contributed by atoms with Crippen molar-refractivity contribution in [2.24, 2.45) is 0 Å². The molecule has 0 spiro atoms. The van der Waals surface area contributed by atoms with Gasteiger partial charge in [-0.3, -0.25) is 29.9 Å². The first kappa shape index (κ1) is 64.6. The number of hydrogen-bond donors (Lipinski definition) is 0. The lowest BCUT2D eigenvalue weighted by atomic mass is 10.1. The number of aryl methyl sites for hydroxylation is 15. The van der Waals surface area contributed by atoms with Crippen molar-refractivity contribution in [3.05, 3.63) is 284 Å². The van der Waals surface area contributed by atoms with Crippen molar-refractivity contribution in [2.75, 3.05) is 55.5 Å². The molecule has 6 aromatic heterocycles. The Morgan fingerprint density at radius 3 is 0.547 bits per heavy atom. The molecule has 0 saturated carbocycles. The second-order valence-electron chi connectivity index (χ2n) is 24.1. The molecule has 0 saturated heterocycles. The molecular formula is C75H90N6OP4. The van der Waals surface area contributed by atoms with Crippen LogP contribution in [0, 0.1) is 41.5 Å². The van der Waals surface area contributed by atoms with E-state index in [0.29, 0.717) is 18.5 Å². The summed E-state index contributed by atoms with van der Waals surface area (Å²) in [7, 11) is -3.41. The van der Waals surface area contributed by atoms with E-state index >= 15 is 4.57 Å². The minimum absolute atomic E-state index is 0.205. The summed E-state index contributed by atoms with van der Waals surface area (Å²) in [5.41, 5.74) is 21.9. The summed E-state index contributed by atoms with van der Waals surface area (Å²) in [6.07, 6.45) is 34.4. The van der Waals surface area contributed by atoms with Crippen LogP contribution in [-0.2, 0) is 80.8 Å². The van der Waals surface area contributed by atoms with Gasteiger partial charge in [-0.15, -0.1) is 23.8 Å². The molecule has 11 heteroatoms. The molecule has 86 heavy (non-hydrogen) atoms. The first-order valence-electron chi connectivity index (χ1n) is 31.3. The Hall–Kier alpha value is -5.92. The molecule has 7 nitrogen and oxygen atoms in total. The number of aromatic nitrogens is 6. The normalized spacial score (nSPS) is 11.8. The van der Waals surface area contributed by atoms with Crippen LogP contribution >= 0.6 is 30.9 Å². The van der Waals surface area contributed by atoms with Crippen LogP contribution in [0.4, 0.5) is 0 Å². The highest BCUT2D eigenvalue weighted by Crippen LogP contribution is 2.55. The average Bonchev–Trinajstić information content (AvgIpc) is 3.71. The Morgan fingerprint density at radius 2 is 0.384 bits per heavy atom. The predicted octanol–water partition coefficient (Wildman–Crippen LogP) is 17.7. The third-order valence-electron chi connectivity index (χ3n) is 16.8. The lowest BCUT2D eigenvalue weighted by molar-refractivity contribution is 0.572. The zero-order valence-corrected chi connectivity index (χ0v) is 55.6. The first-order chi connectivity index (χ1) is 41.8. The second kappa shape index (κ2) is 33.4. The summed E-state index contributed by atoms with van der Waals surface area (Å²) >= 11 is 0. The van der Waals surface area contributed by atoms with Crippen LogP contribution in [0.3, 0.4) is 0 Å². The molecule has 0 amide bonds. The topological polar surface area (TPSA) is 94.4 Å². The third kappa shape index (κ3) is 22.3. The van der Waals surface area contributed by atoms with E-state index in [1.165, 1.54) is 122 Å². The van der Waals surface area contributed by atoms with Crippen LogP contribution in [0.1, 0.15) is 101 Å². The standard InChI is InChI=1S/C75H90N6OP4/c1-58-7-13-67(49-76-58)34-43-83(44-35-68-14-8-59(2)77-50-68)40-31-64-19-25-73(26-20-64)55-86(82,56-74-27-21-65(22-28-74)32-41-84(45-36-69-15-9-60(3)78-51-69)46-37-70-16-10-61(4)79-52-70)57-75-29-23-66(24-30-75)33-42-85(47-38-71-17-11-62(5)80-53-71)48-39-72-18-12-63(6)81-54-72/h7-30,49-54H,31-48,55-57H2,1-6H3. The Morgan fingerprint density at radius 1 is 0.233 bits per heavy atom. The van der Waals surface area contributed by atoms with Gasteiger partial charge in [0.25, 0.3) is 0 Å². The van der Waals surface area contributed by atoms with Gasteiger partial charge in [-0.1, -0.05) is 109 Å². The Bertz CT molecular complexity index is 2950. The zero-order valence-electron chi connectivity index (χ0n) is 52.1. The van der Waals surface area contributed by atoms with Crippen molar-refractivity contribution in [3.8, 4) is 0 Å². The fourth-order valence-corrected chi connectivity index (χ4v) is 21.2. The molecule has 0 aliphatic carbocycles. The highest BCUT2D eigenvalue weighted by atomic mass is 31.2. The largest absolute Gasteiger partial charge is 0.323 e. The van der Waals surface area contributed by atoms with E-state index in [-0.39, 0.29) is 23.8 Å². The van der Waals surface area contributed by atoms with E-state index in [4.69, 9.17) is 0 Å². The number of benzene rings is 3. The van der Waals surface area contributed by atoms with Crippen molar-refractivity contribution in [3.63, 3.8) is 0 Å². The fourth-order valence-electron chi connectivity index (χ4n) is 11.1. The van der Waals surface area contributed by atoms with Gasteiger partial charge in [0.1, 0.15) is 7.14 Å². The van der Waals surface area contributed by atoms with Gasteiger partial charge in [0.15, 0.2) is 0 Å². The SMILES string of the molecule is Cc1ccc(CCP(CCc2ccc(CP(=O)(Cc3ccc(CCP(CCc4ccc(C)nc4)CCc4ccc(C)nc4)cc3)Cc3ccc(CCP(CCc4ccc(C)nc4)CCc4ccc(C)nc4)cc3)cc2)CCc2ccc(C)nc2)cn1. The lowest BCUT2D eigenvalue weighted by Crippen LogP contribution is -2.04. The molecule has 0 N–H and O–H groups in total. The maximum atomic E-state index is 15.8. The summed E-state index contributed by atoms with van der Waals surface area (Å²) in [5, 5.41) is 0. The van der Waals surface area contributed by atoms with Gasteiger partial charge in [0.2, 0.25) is 0 Å². The quantitative estimate of drug-likeness (QED) is 0.0378. The van der Waals surface area contributed by atoms with Gasteiger partial charge in [0, 0.05) is 89.8 Å². The van der Waals surface area contributed by atoms with Gasteiger partial charge in [0.05, 0.1) is 0 Å². The molecule has 446 valence electrons. The Kier molecular flexibility index (Phi) is 25.1. The van der Waals surface area contributed by atoms with E-state index in [0.717, 1.165) is 92.0 Å². The van der Waals surface area contributed by atoms with Crippen LogP contribution in [0.5, 0.6) is 0 Å². The molecule has 9 aromatic rings. The Balaban J connectivity index is 0.873. The second-order valence-corrected chi connectivity index (χ2v) is 35.2. The minimum Gasteiger partial charge on any atom is -0.323 e. The molecular weight excluding hydrogens is 1120 g/mol. The molecule has 0 unspecified atom stereocenters. The van der Waals surface area contributed by atoms with Crippen LogP contribution in [0.2, 0.25) is 0 Å². The number of pyridine rings is 6. The van der Waals surface area contributed by atoms with Crippen LogP contribution in [0.25, 0.3) is 0 Å². The summed E-state index contributed by atoms with van der Waals surface area (Å²) in [4.78, 5) is 27.6. The summed E-state index contributed by atoms with van der Waals surface area (Å²) in [5.74, 6) is 0. The number of hydrogen-bond acceptors (Lipinski definition) is 7. The van der Waals surface area contributed by atoms with E-state index in [9.17, 15) is 0 Å². The van der Waals surface area contributed by atoms with Crippen LogP contribution in [0.15, 0.2) is 183 Å². The van der Waals surface area contributed by atoms with Crippen molar-refractivity contribution >= 4 is 30.9 Å². The highest BCUT2D eigenvalue weighted by molar-refractivity contribution is 7.61. The molecule has 0 aliphatic heterocycles. The van der Waals surface area contributed by atoms with Gasteiger partial charge >= 0.3 is 0 Å². The van der Waals surface area contributed by atoms with Crippen LogP contribution < -0.4 is 0 Å². The molecule has 9 rings (SSSR count). The third-order valence-corrected chi connectivity index (χ3v) is 27.3. The summed E-state index contributed by atoms with van der Waals surface area (Å²) in [6, 6.07) is 53.9. The number of nitrogens with zero attached hydrogens (tertiary/aromatic N) is 6. The average molecular weight is 1220 g/mol. The van der Waals surface area contributed by atoms with Crippen molar-refractivity contribution in [2.45, 2.75) is 118 Å². The predicted molar refractivity (Wildman–Crippen MR) is 370 cm³/mol. The van der Waals surface area contributed by atoms with E-state index in [2.05, 4.69) is 254 Å². The van der Waals surface area contributed by atoms with Gasteiger partial charge < -0.3 is 4.57 Å². The van der Waals surface area contributed by atoms with Crippen molar-refractivity contribution in [1.29, 1.82) is 0 Å². The molecule has 0 atom stereocenters. The maximum Gasteiger partial charge on any atom is 0.100 e. The summed E-state index contributed by atoms with van der Waals surface area (Å²) < 4.78 is 15.8. The van der Waals surface area contributed by atoms with E-state index in [1.54, 1.807) is 0 Å². The van der Waals surface area contributed by atoms with E-state index < -0.39 is 7.14 Å². The molecule has 3 aromatic carbocycles. The first-order valence-corrected chi connectivity index (χ1v) is 39.2. The Labute approximate surface area is 519 Å². The molecule has 0 radical (unpaired) electrons. The van der Waals surface area contributed by atoms with Gasteiger partial charge in [-0.25, -0.2) is 0 Å². The highest BCUT2D eigenvalue weighted by Gasteiger charge is 2.25. The van der Waals surface area contributed by atoms with Crippen LogP contribution in [-0.4, -0.2) is 85.4 Å². The van der Waals surface area contributed by atoms with Crippen molar-refractivity contribution in [1.82, 2.24) is 29.9 Å². The monoisotopic (exact) mass is 1210 g/mol.